The number of aldehydes is 1. The first-order valence-corrected chi connectivity index (χ1v) is 13.1. The molecule has 2 aliphatic carbocycles. The maximum atomic E-state index is 11.1. The third-order valence-corrected chi connectivity index (χ3v) is 8.98. The van der Waals surface area contributed by atoms with Crippen molar-refractivity contribution in [3.8, 4) is 5.75 Å². The number of hydrogen-bond acceptors (Lipinski definition) is 3. The van der Waals surface area contributed by atoms with Crippen molar-refractivity contribution in [1.82, 2.24) is 0 Å². The number of fused-ring (bicyclic) bond motifs is 1. The Morgan fingerprint density at radius 2 is 1.64 bits per heavy atom. The number of aromatic hydroxyl groups is 1. The van der Waals surface area contributed by atoms with E-state index in [1.54, 1.807) is 0 Å². The second-order valence-corrected chi connectivity index (χ2v) is 11.6. The lowest BCUT2D eigenvalue weighted by molar-refractivity contribution is -0.111. The van der Waals surface area contributed by atoms with E-state index in [9.17, 15) is 9.90 Å². The fourth-order valence-electron chi connectivity index (χ4n) is 6.80. The van der Waals surface area contributed by atoms with E-state index < -0.39 is 0 Å². The number of carbonyl (C=O) groups is 1. The highest BCUT2D eigenvalue weighted by atomic mass is 16.3. The van der Waals surface area contributed by atoms with E-state index in [1.165, 1.54) is 54.5 Å². The molecule has 0 radical (unpaired) electrons. The largest absolute Gasteiger partial charge is 0.508 e. The van der Waals surface area contributed by atoms with E-state index in [2.05, 4.69) is 49.1 Å². The van der Waals surface area contributed by atoms with Crippen LogP contribution in [-0.2, 0) is 11.2 Å². The summed E-state index contributed by atoms with van der Waals surface area (Å²) in [6, 6.07) is 15.4. The highest BCUT2D eigenvalue weighted by molar-refractivity contribution is 5.56. The number of nitrogens with zero attached hydrogens (tertiary/aromatic N) is 1. The molecule has 0 unspecified atom stereocenters. The van der Waals surface area contributed by atoms with E-state index in [4.69, 9.17) is 0 Å². The minimum atomic E-state index is 0.233. The van der Waals surface area contributed by atoms with E-state index in [0.29, 0.717) is 23.0 Å². The molecule has 1 N–H and O–H groups in total. The van der Waals surface area contributed by atoms with Crippen molar-refractivity contribution < 1.29 is 9.90 Å². The van der Waals surface area contributed by atoms with Gasteiger partial charge in [0.25, 0.3) is 0 Å². The number of phenolic OH excluding ortho intramolecular Hbond substituents is 1. The van der Waals surface area contributed by atoms with Crippen LogP contribution in [0.25, 0.3) is 0 Å². The summed E-state index contributed by atoms with van der Waals surface area (Å²) >= 11 is 0. The van der Waals surface area contributed by atoms with Crippen LogP contribution in [0.5, 0.6) is 5.75 Å². The Morgan fingerprint density at radius 1 is 0.939 bits per heavy atom. The Labute approximate surface area is 199 Å². The fourth-order valence-corrected chi connectivity index (χ4v) is 6.80. The molecule has 0 spiro atoms. The Balaban J connectivity index is 1.42. The molecule has 3 aliphatic rings. The van der Waals surface area contributed by atoms with Gasteiger partial charge in [-0.05, 0) is 110 Å². The second-order valence-electron chi connectivity index (χ2n) is 11.6. The fraction of sp³-hybridized carbons (Fsp3) is 0.567. The monoisotopic (exact) mass is 445 g/mol. The quantitative estimate of drug-likeness (QED) is 0.531. The predicted molar refractivity (Wildman–Crippen MR) is 135 cm³/mol. The van der Waals surface area contributed by atoms with Crippen LogP contribution in [0.1, 0.15) is 81.4 Å². The molecule has 2 fully saturated rings. The molecule has 176 valence electrons. The van der Waals surface area contributed by atoms with Crippen LogP contribution in [0, 0.1) is 23.2 Å². The molecule has 2 atom stereocenters. The zero-order valence-corrected chi connectivity index (χ0v) is 20.3. The van der Waals surface area contributed by atoms with E-state index in [1.807, 2.05) is 12.1 Å². The molecule has 0 aromatic heterocycles. The van der Waals surface area contributed by atoms with Crippen LogP contribution < -0.4 is 4.90 Å². The minimum Gasteiger partial charge on any atom is -0.508 e. The van der Waals surface area contributed by atoms with E-state index in [0.717, 1.165) is 44.6 Å². The summed E-state index contributed by atoms with van der Waals surface area (Å²) in [4.78, 5) is 13.5. The van der Waals surface area contributed by atoms with Crippen LogP contribution in [0.3, 0.4) is 0 Å². The summed E-state index contributed by atoms with van der Waals surface area (Å²) in [5.41, 5.74) is 5.94. The average molecular weight is 446 g/mol. The van der Waals surface area contributed by atoms with Gasteiger partial charge in [-0.2, -0.15) is 0 Å². The molecule has 1 saturated heterocycles. The van der Waals surface area contributed by atoms with Crippen LogP contribution in [0.4, 0.5) is 5.69 Å². The highest BCUT2D eigenvalue weighted by Gasteiger charge is 2.39. The van der Waals surface area contributed by atoms with Crippen LogP contribution >= 0.6 is 0 Å². The Hall–Kier alpha value is -2.29. The van der Waals surface area contributed by atoms with Gasteiger partial charge < -0.3 is 14.8 Å². The van der Waals surface area contributed by atoms with Crippen molar-refractivity contribution >= 4 is 12.0 Å². The topological polar surface area (TPSA) is 40.5 Å². The number of aryl methyl sites for hydroxylation is 1. The molecule has 1 saturated carbocycles. The normalized spacial score (nSPS) is 26.1. The molecule has 5 rings (SSSR count). The molecule has 0 amide bonds. The smallest absolute Gasteiger partial charge is 0.123 e. The molecular weight excluding hydrogens is 406 g/mol. The first kappa shape index (κ1) is 22.5. The van der Waals surface area contributed by atoms with Crippen molar-refractivity contribution in [1.29, 1.82) is 0 Å². The van der Waals surface area contributed by atoms with Crippen molar-refractivity contribution in [2.45, 2.75) is 71.1 Å². The molecule has 1 aliphatic heterocycles. The summed E-state index contributed by atoms with van der Waals surface area (Å²) < 4.78 is 0. The standard InChI is InChI=1S/C30H39NO2/c1-30(2)15-11-22(12-16-30)27-9-5-24-19-26(33)8-10-28(24)29(27)23-3-6-25(7-4-23)31-17-13-21(20-32)14-18-31/h3-4,6-8,10,19-22,27,29,33H,5,9,11-18H2,1-2H3/t27-,29+/m1/s1. The Kier molecular flexibility index (Phi) is 6.24. The third-order valence-electron chi connectivity index (χ3n) is 8.98. The minimum absolute atomic E-state index is 0.233. The Morgan fingerprint density at radius 3 is 2.30 bits per heavy atom. The van der Waals surface area contributed by atoms with Crippen molar-refractivity contribution in [2.75, 3.05) is 18.0 Å². The van der Waals surface area contributed by atoms with Crippen LogP contribution in [0.2, 0.25) is 0 Å². The summed E-state index contributed by atoms with van der Waals surface area (Å²) in [6.07, 6.45) is 10.7. The molecule has 1 heterocycles. The number of phenols is 1. The van der Waals surface area contributed by atoms with E-state index >= 15 is 0 Å². The summed E-state index contributed by atoms with van der Waals surface area (Å²) in [6.45, 7) is 6.79. The third kappa shape index (κ3) is 4.69. The lowest BCUT2D eigenvalue weighted by Crippen LogP contribution is -2.34. The van der Waals surface area contributed by atoms with Gasteiger partial charge in [-0.15, -0.1) is 0 Å². The number of carbonyl (C=O) groups excluding carboxylic acids is 1. The summed E-state index contributed by atoms with van der Waals surface area (Å²) in [7, 11) is 0. The van der Waals surface area contributed by atoms with Crippen LogP contribution in [0.15, 0.2) is 42.5 Å². The molecule has 2 aromatic carbocycles. The lowest BCUT2D eigenvalue weighted by Gasteiger charge is -2.44. The van der Waals surface area contributed by atoms with Gasteiger partial charge in [0.05, 0.1) is 0 Å². The molecule has 33 heavy (non-hydrogen) atoms. The average Bonchev–Trinajstić information content (AvgIpc) is 2.83. The SMILES string of the molecule is CC1(C)CCC([C@H]2CCc3cc(O)ccc3[C@H]2c2ccc(N3CCC(C=O)CC3)cc2)CC1. The van der Waals surface area contributed by atoms with E-state index in [-0.39, 0.29) is 5.92 Å². The van der Waals surface area contributed by atoms with Crippen molar-refractivity contribution in [3.63, 3.8) is 0 Å². The number of rotatable bonds is 4. The van der Waals surface area contributed by atoms with Gasteiger partial charge in [0.1, 0.15) is 12.0 Å². The molecule has 2 aromatic rings. The van der Waals surface area contributed by atoms with Gasteiger partial charge in [-0.1, -0.05) is 32.0 Å². The Bertz CT molecular complexity index is 961. The van der Waals surface area contributed by atoms with Gasteiger partial charge in [0, 0.05) is 30.6 Å². The number of piperidine rings is 1. The summed E-state index contributed by atoms with van der Waals surface area (Å²) in [5, 5.41) is 10.1. The zero-order valence-electron chi connectivity index (χ0n) is 20.3. The van der Waals surface area contributed by atoms with Gasteiger partial charge in [-0.3, -0.25) is 0 Å². The maximum absolute atomic E-state index is 11.1. The molecule has 0 bridgehead atoms. The van der Waals surface area contributed by atoms with Crippen LogP contribution in [-0.4, -0.2) is 24.5 Å². The second kappa shape index (κ2) is 9.16. The lowest BCUT2D eigenvalue weighted by atomic mass is 9.61. The van der Waals surface area contributed by atoms with Gasteiger partial charge in [0.2, 0.25) is 0 Å². The van der Waals surface area contributed by atoms with Crippen molar-refractivity contribution in [2.24, 2.45) is 23.2 Å². The number of anilines is 1. The summed E-state index contributed by atoms with van der Waals surface area (Å²) in [5.74, 6) is 2.49. The first-order valence-electron chi connectivity index (χ1n) is 13.1. The maximum Gasteiger partial charge on any atom is 0.123 e. The number of benzene rings is 2. The van der Waals surface area contributed by atoms with Crippen molar-refractivity contribution in [3.05, 3.63) is 59.2 Å². The highest BCUT2D eigenvalue weighted by Crippen LogP contribution is 2.51. The first-order chi connectivity index (χ1) is 15.9. The van der Waals surface area contributed by atoms with Gasteiger partial charge in [-0.25, -0.2) is 0 Å². The predicted octanol–water partition coefficient (Wildman–Crippen LogP) is 6.72. The number of hydrogen-bond donors (Lipinski definition) is 1. The molecule has 3 nitrogen and oxygen atoms in total. The molecular formula is C30H39NO2. The molecule has 3 heteroatoms. The van der Waals surface area contributed by atoms with Gasteiger partial charge >= 0.3 is 0 Å². The zero-order chi connectivity index (χ0) is 23.0. The van der Waals surface area contributed by atoms with Gasteiger partial charge in [0.15, 0.2) is 0 Å².